The van der Waals surface area contributed by atoms with Crippen LogP contribution in [0.4, 0.5) is 4.39 Å². The van der Waals surface area contributed by atoms with Gasteiger partial charge in [0, 0.05) is 100 Å². The SMILES string of the molecule is CCCOCCOCCOCCOCCC(=O)NCc1ccc(CCC[C@H](NC(=O)[C@@H](CC(=O)[C@H](CC(=O)O)NC(=O)[C@H](CO)CC(=O)[C@@H](NC(=O)[C@](C)(CC(=O)[C@@H](NC(=O)CCC(=O)[C@H](Cc2nn[nH]n2)NC(=O)C(C)(C)C(=O)NCCc2cnc[nH]2)[C@@H](C)O)Cc2ccccc2F)[C@@H](C)O)Cc2ccc(-c3ccc(OCCCCN=[N+]=[N-])cc3CC)cc2)C(N)=O)cc1. The number of nitrogens with two attached hydrogens (primary N) is 1. The second-order valence-corrected chi connectivity index (χ2v) is 32.5. The average molecular weight is 1820 g/mol. The van der Waals surface area contributed by atoms with E-state index in [4.69, 9.17) is 34.9 Å². The van der Waals surface area contributed by atoms with Crippen molar-refractivity contribution in [3.8, 4) is 16.9 Å². The number of carboxylic acid groups (broad SMARTS) is 1. The Morgan fingerprint density at radius 2 is 1.25 bits per heavy atom. The van der Waals surface area contributed by atoms with Crippen molar-refractivity contribution in [2.45, 2.75) is 213 Å². The van der Waals surface area contributed by atoms with Crippen LogP contribution in [0, 0.1) is 28.5 Å². The molecular weight excluding hydrogens is 1690 g/mol. The van der Waals surface area contributed by atoms with E-state index < -0.39 is 193 Å². The molecule has 40 heteroatoms. The Bertz CT molecular complexity index is 4690. The highest BCUT2D eigenvalue weighted by molar-refractivity contribution is 6.06. The van der Waals surface area contributed by atoms with Crippen LogP contribution in [0.2, 0.25) is 0 Å². The molecule has 6 aromatic rings. The molecule has 0 saturated carbocycles. The lowest BCUT2D eigenvalue weighted by Crippen LogP contribution is -2.55. The van der Waals surface area contributed by atoms with Crippen molar-refractivity contribution < 1.29 is 111 Å². The van der Waals surface area contributed by atoms with Gasteiger partial charge >= 0.3 is 5.97 Å². The number of aliphatic carboxylic acids is 1. The van der Waals surface area contributed by atoms with E-state index in [2.05, 4.69) is 77.8 Å². The Hall–Kier alpha value is -12.2. The van der Waals surface area contributed by atoms with Crippen LogP contribution in [-0.2, 0) is 126 Å². The highest BCUT2D eigenvalue weighted by atomic mass is 19.1. The number of rotatable bonds is 66. The zero-order chi connectivity index (χ0) is 95.1. The highest BCUT2D eigenvalue weighted by Crippen LogP contribution is 2.33. The number of Topliss-reactive ketones (excluding diaryl/α,β-unsaturated/α-hetero) is 4. The van der Waals surface area contributed by atoms with Gasteiger partial charge in [0.25, 0.3) is 0 Å². The van der Waals surface area contributed by atoms with Crippen molar-refractivity contribution >= 4 is 76.4 Å². The molecule has 6 rings (SSSR count). The van der Waals surface area contributed by atoms with Crippen LogP contribution in [-0.4, -0.2) is 249 Å². The van der Waals surface area contributed by atoms with Gasteiger partial charge in [-0.1, -0.05) is 104 Å². The molecule has 0 aliphatic rings. The van der Waals surface area contributed by atoms with Crippen LogP contribution in [0.15, 0.2) is 109 Å². The molecule has 0 unspecified atom stereocenters. The molecule has 130 heavy (non-hydrogen) atoms. The fraction of sp³-hybridized carbons (Fsp3) is 0.544. The summed E-state index contributed by atoms with van der Waals surface area (Å²) in [5.41, 5.74) is 16.0. The Morgan fingerprint density at radius 1 is 0.615 bits per heavy atom. The zero-order valence-electron chi connectivity index (χ0n) is 74.7. The van der Waals surface area contributed by atoms with Gasteiger partial charge in [-0.3, -0.25) is 62.3 Å². The summed E-state index contributed by atoms with van der Waals surface area (Å²) in [5.74, 6) is -15.9. The van der Waals surface area contributed by atoms with Crippen molar-refractivity contribution in [2.75, 3.05) is 79.2 Å². The number of unbranched alkanes of at least 4 members (excludes halogenated alkanes) is 1. The van der Waals surface area contributed by atoms with Crippen molar-refractivity contribution in [3.05, 3.63) is 159 Å². The van der Waals surface area contributed by atoms with Crippen LogP contribution >= 0.6 is 0 Å². The third-order valence-electron chi connectivity index (χ3n) is 21.5. The maximum atomic E-state index is 15.7. The number of carboxylic acids is 1. The molecule has 15 N–H and O–H groups in total. The van der Waals surface area contributed by atoms with Gasteiger partial charge in [0.15, 0.2) is 29.0 Å². The number of primary amides is 1. The fourth-order valence-electron chi connectivity index (χ4n) is 13.9. The topological polar surface area (TPSA) is 591 Å². The lowest BCUT2D eigenvalue weighted by atomic mass is 9.76. The van der Waals surface area contributed by atoms with E-state index >= 15 is 4.39 Å². The monoisotopic (exact) mass is 1810 g/mol. The van der Waals surface area contributed by atoms with E-state index in [9.17, 15) is 82.8 Å². The normalized spacial score (nSPS) is 13.9. The zero-order valence-corrected chi connectivity index (χ0v) is 74.7. The van der Waals surface area contributed by atoms with E-state index in [0.29, 0.717) is 109 Å². The molecule has 0 radical (unpaired) electrons. The third kappa shape index (κ3) is 37.1. The van der Waals surface area contributed by atoms with E-state index in [0.717, 1.165) is 59.8 Å². The largest absolute Gasteiger partial charge is 0.494 e. The summed E-state index contributed by atoms with van der Waals surface area (Å²) in [6, 6.07) is 16.7. The molecule has 4 aromatic carbocycles. The minimum atomic E-state index is -2.13. The number of hydrogen-bond donors (Lipinski definition) is 14. The number of halogens is 1. The van der Waals surface area contributed by atoms with E-state index in [1.54, 1.807) is 30.5 Å². The Labute approximate surface area is 753 Å². The first kappa shape index (κ1) is 107. The van der Waals surface area contributed by atoms with Gasteiger partial charge in [-0.15, -0.1) is 10.2 Å². The summed E-state index contributed by atoms with van der Waals surface area (Å²) in [7, 11) is 0. The molecule has 39 nitrogen and oxygen atoms in total. The number of aromatic amines is 2. The number of azide groups is 1. The fourth-order valence-corrected chi connectivity index (χ4v) is 13.9. The minimum Gasteiger partial charge on any atom is -0.494 e. The average Bonchev–Trinajstić information content (AvgIpc) is 0.998. The number of aromatic nitrogens is 6. The predicted molar refractivity (Wildman–Crippen MR) is 470 cm³/mol. The van der Waals surface area contributed by atoms with Crippen LogP contribution < -0.4 is 47.7 Å². The predicted octanol–water partition coefficient (Wildman–Crippen LogP) is 4.28. The second kappa shape index (κ2) is 56.3. The summed E-state index contributed by atoms with van der Waals surface area (Å²) < 4.78 is 43.5. The molecule has 0 fully saturated rings. The maximum Gasteiger partial charge on any atom is 0.305 e. The second-order valence-electron chi connectivity index (χ2n) is 32.5. The standard InChI is InChI=1S/C90H124FN17O22/c1-8-35-126-38-40-128-42-43-129-41-39-127-37-32-78(116)96-52-60-21-19-58(20-22-60)15-14-18-70(83(92)120)99-84(121)64(44-59-23-25-62(26-24-59)68-28-27-67(45-61(68)9-2)130-36-13-12-33-98-106-93)46-74(113)72(49-80(118)119)100-85(122)65(54-109)47-75(114)81(56(3)110)103-88(125)90(7,50-63-16-10-11-17-69(63)91)51-76(115)82(57(4)111)102-79(117)30-29-73(112)71(48-77-104-107-108-105-77)101-87(124)89(5,6)86(123)95-34-31-66-53-94-55-97-66/h10-11,16-17,19-28,45,53,55-57,64-65,70-72,81-82,109-111H,8-9,12-15,18,29-44,46-52,54H2,1-7H3,(H2,92,120)(H,94,97)(H,95,123)(H,96,116)(H,99,121)(H,100,122)(H,101,124)(H,102,117)(H,103,125)(H,118,119)(H,104,105,107,108)/t56-,57-,64-,65+,70+,71+,72+,81+,82+,90+/m1/s1. The first-order valence-corrected chi connectivity index (χ1v) is 43.5. The summed E-state index contributed by atoms with van der Waals surface area (Å²) in [6.45, 7) is 13.4. The van der Waals surface area contributed by atoms with Gasteiger partial charge < -0.3 is 92.0 Å². The molecule has 0 bridgehead atoms. The van der Waals surface area contributed by atoms with Crippen LogP contribution in [0.3, 0.4) is 0 Å². The summed E-state index contributed by atoms with van der Waals surface area (Å²) in [5, 5.41) is 78.2. The minimum absolute atomic E-state index is 0.0212. The first-order valence-electron chi connectivity index (χ1n) is 43.5. The molecule has 10 atom stereocenters. The van der Waals surface area contributed by atoms with E-state index in [1.807, 2.05) is 56.3 Å². The molecule has 0 spiro atoms. The van der Waals surface area contributed by atoms with Crippen molar-refractivity contribution in [1.82, 2.24) is 67.8 Å². The molecule has 8 amide bonds. The number of aliphatic hydroxyl groups is 3. The van der Waals surface area contributed by atoms with Crippen molar-refractivity contribution in [1.29, 1.82) is 0 Å². The molecule has 2 aromatic heterocycles. The van der Waals surface area contributed by atoms with Gasteiger partial charge in [-0.05, 0) is 148 Å². The summed E-state index contributed by atoms with van der Waals surface area (Å²) >= 11 is 0. The molecule has 708 valence electrons. The molecule has 0 saturated heterocycles. The van der Waals surface area contributed by atoms with Gasteiger partial charge in [-0.2, -0.15) is 5.21 Å². The van der Waals surface area contributed by atoms with Crippen LogP contribution in [0.25, 0.3) is 21.6 Å². The van der Waals surface area contributed by atoms with Gasteiger partial charge in [0.2, 0.25) is 47.3 Å². The Morgan fingerprint density at radius 3 is 1.87 bits per heavy atom. The number of nitrogens with zero attached hydrogens (tertiary/aromatic N) is 7. The quantitative estimate of drug-likeness (QED) is 0.00833. The van der Waals surface area contributed by atoms with Gasteiger partial charge in [0.05, 0.1) is 108 Å². The molecular formula is C90H124FN17O22. The number of ketones is 4. The number of tetrazole rings is 1. The number of nitrogens with one attached hydrogen (secondary N) is 9. The number of imidazole rings is 1. The molecule has 0 aliphatic carbocycles. The number of ether oxygens (including phenoxy) is 5. The lowest BCUT2D eigenvalue weighted by molar-refractivity contribution is -0.143. The lowest BCUT2D eigenvalue weighted by Gasteiger charge is -2.33. The van der Waals surface area contributed by atoms with Crippen LogP contribution in [0.1, 0.15) is 165 Å². The number of benzene rings is 4. The first-order chi connectivity index (χ1) is 62.2. The summed E-state index contributed by atoms with van der Waals surface area (Å²) in [6.07, 6.45) is -2.57. The highest BCUT2D eigenvalue weighted by Gasteiger charge is 2.44. The smallest absolute Gasteiger partial charge is 0.305 e. The van der Waals surface area contributed by atoms with Crippen LogP contribution in [0.5, 0.6) is 5.75 Å². The third-order valence-corrected chi connectivity index (χ3v) is 21.5. The molecule has 0 aliphatic heterocycles. The Balaban J connectivity index is 1.14. The van der Waals surface area contributed by atoms with E-state index in [-0.39, 0.29) is 62.7 Å². The number of aliphatic hydroxyl groups excluding tert-OH is 3. The number of H-pyrrole nitrogens is 2. The molecule has 2 heterocycles. The number of amides is 8. The van der Waals surface area contributed by atoms with Gasteiger partial charge in [-0.25, -0.2) is 9.37 Å². The van der Waals surface area contributed by atoms with Crippen molar-refractivity contribution in [3.63, 3.8) is 0 Å². The number of carbonyl (C=O) groups is 13. The number of carbonyl (C=O) groups excluding carboxylic acids is 12. The Kier molecular flexibility index (Phi) is 46.2. The number of hydrogen-bond acceptors (Lipinski definition) is 26. The maximum absolute atomic E-state index is 15.7. The van der Waals surface area contributed by atoms with Gasteiger partial charge in [0.1, 0.15) is 35.1 Å². The number of aryl methyl sites for hydroxylation is 2. The van der Waals surface area contributed by atoms with E-state index in [1.165, 1.54) is 45.3 Å². The van der Waals surface area contributed by atoms with Crippen molar-refractivity contribution in [2.24, 2.45) is 33.5 Å². The summed E-state index contributed by atoms with van der Waals surface area (Å²) in [4.78, 5) is 191.